The number of ether oxygens (including phenoxy) is 1. The Kier molecular flexibility index (Phi) is 6.30. The van der Waals surface area contributed by atoms with Gasteiger partial charge in [0.25, 0.3) is 0 Å². The summed E-state index contributed by atoms with van der Waals surface area (Å²) >= 11 is 0. The molecular weight excluding hydrogens is 240 g/mol. The summed E-state index contributed by atoms with van der Waals surface area (Å²) in [7, 11) is 0. The molecule has 1 amide bonds. The van der Waals surface area contributed by atoms with Crippen LogP contribution in [0.25, 0.3) is 0 Å². The number of rotatable bonds is 8. The van der Waals surface area contributed by atoms with Crippen molar-refractivity contribution in [3.63, 3.8) is 0 Å². The zero-order valence-electron chi connectivity index (χ0n) is 12.4. The van der Waals surface area contributed by atoms with Crippen LogP contribution >= 0.6 is 0 Å². The highest BCUT2D eigenvalue weighted by molar-refractivity contribution is 5.85. The molecule has 19 heavy (non-hydrogen) atoms. The zero-order chi connectivity index (χ0) is 14.3. The number of hydrogen-bond donors (Lipinski definition) is 1. The molecule has 0 atom stereocenters. The summed E-state index contributed by atoms with van der Waals surface area (Å²) in [6, 6.07) is 2.45. The lowest BCUT2D eigenvalue weighted by Gasteiger charge is -2.37. The van der Waals surface area contributed by atoms with Gasteiger partial charge < -0.3 is 10.1 Å². The third-order valence-electron chi connectivity index (χ3n) is 3.83. The van der Waals surface area contributed by atoms with E-state index in [4.69, 9.17) is 4.74 Å². The molecule has 0 aliphatic heterocycles. The monoisotopic (exact) mass is 266 g/mol. The first kappa shape index (κ1) is 16.0. The first-order valence-corrected chi connectivity index (χ1v) is 7.45. The minimum absolute atomic E-state index is 0.0846. The van der Waals surface area contributed by atoms with Gasteiger partial charge in [-0.2, -0.15) is 5.26 Å². The Morgan fingerprint density at radius 3 is 2.32 bits per heavy atom. The van der Waals surface area contributed by atoms with E-state index in [2.05, 4.69) is 11.4 Å². The summed E-state index contributed by atoms with van der Waals surface area (Å²) in [6.07, 6.45) is 5.03. The SMILES string of the molecule is CCCC(C#N)(CCC)C(=O)NC1CC(OCC)C1. The first-order valence-electron chi connectivity index (χ1n) is 7.45. The van der Waals surface area contributed by atoms with E-state index in [9.17, 15) is 10.1 Å². The van der Waals surface area contributed by atoms with E-state index in [-0.39, 0.29) is 18.1 Å². The first-order chi connectivity index (χ1) is 9.11. The van der Waals surface area contributed by atoms with E-state index >= 15 is 0 Å². The topological polar surface area (TPSA) is 62.1 Å². The predicted octanol–water partition coefficient (Wildman–Crippen LogP) is 2.78. The molecule has 0 bridgehead atoms. The van der Waals surface area contributed by atoms with Crippen molar-refractivity contribution in [3.8, 4) is 6.07 Å². The van der Waals surface area contributed by atoms with E-state index in [1.165, 1.54) is 0 Å². The molecule has 4 nitrogen and oxygen atoms in total. The lowest BCUT2D eigenvalue weighted by atomic mass is 9.78. The van der Waals surface area contributed by atoms with E-state index in [1.807, 2.05) is 20.8 Å². The Balaban J connectivity index is 2.52. The fourth-order valence-electron chi connectivity index (χ4n) is 2.75. The summed E-state index contributed by atoms with van der Waals surface area (Å²) in [5, 5.41) is 12.4. The molecule has 1 aliphatic rings. The summed E-state index contributed by atoms with van der Waals surface area (Å²) < 4.78 is 5.48. The van der Waals surface area contributed by atoms with Crippen LogP contribution < -0.4 is 5.32 Å². The van der Waals surface area contributed by atoms with Crippen LogP contribution in [-0.2, 0) is 9.53 Å². The Morgan fingerprint density at radius 1 is 1.32 bits per heavy atom. The highest BCUT2D eigenvalue weighted by Crippen LogP contribution is 2.31. The average molecular weight is 266 g/mol. The number of nitrogens with one attached hydrogen (secondary N) is 1. The molecule has 0 saturated heterocycles. The minimum Gasteiger partial charge on any atom is -0.378 e. The van der Waals surface area contributed by atoms with Gasteiger partial charge in [-0.25, -0.2) is 0 Å². The summed E-state index contributed by atoms with van der Waals surface area (Å²) in [4.78, 5) is 12.4. The highest BCUT2D eigenvalue weighted by Gasteiger charge is 2.40. The Labute approximate surface area is 116 Å². The Morgan fingerprint density at radius 2 is 1.89 bits per heavy atom. The van der Waals surface area contributed by atoms with Gasteiger partial charge >= 0.3 is 0 Å². The van der Waals surface area contributed by atoms with Crippen LogP contribution in [0, 0.1) is 16.7 Å². The van der Waals surface area contributed by atoms with Crippen molar-refractivity contribution >= 4 is 5.91 Å². The average Bonchev–Trinajstić information content (AvgIpc) is 2.35. The highest BCUT2D eigenvalue weighted by atomic mass is 16.5. The quantitative estimate of drug-likeness (QED) is 0.734. The van der Waals surface area contributed by atoms with Crippen molar-refractivity contribution in [2.45, 2.75) is 71.4 Å². The molecule has 4 heteroatoms. The maximum atomic E-state index is 12.4. The van der Waals surface area contributed by atoms with Crippen LogP contribution in [0.15, 0.2) is 0 Å². The molecule has 0 unspecified atom stereocenters. The summed E-state index contributed by atoms with van der Waals surface area (Å²) in [5.41, 5.74) is -0.833. The molecule has 0 aromatic heterocycles. The van der Waals surface area contributed by atoms with Gasteiger partial charge in [0.15, 0.2) is 0 Å². The molecule has 1 fully saturated rings. The largest absolute Gasteiger partial charge is 0.378 e. The zero-order valence-corrected chi connectivity index (χ0v) is 12.4. The number of amides is 1. The lowest BCUT2D eigenvalue weighted by molar-refractivity contribution is -0.131. The second-order valence-corrected chi connectivity index (χ2v) is 5.41. The van der Waals surface area contributed by atoms with Crippen LogP contribution in [-0.4, -0.2) is 24.7 Å². The van der Waals surface area contributed by atoms with Crippen LogP contribution in [0.5, 0.6) is 0 Å². The van der Waals surface area contributed by atoms with Gasteiger partial charge in [-0.3, -0.25) is 4.79 Å². The third kappa shape index (κ3) is 3.94. The van der Waals surface area contributed by atoms with Crippen LogP contribution in [0.2, 0.25) is 0 Å². The molecule has 0 aromatic rings. The number of hydrogen-bond acceptors (Lipinski definition) is 3. The van der Waals surface area contributed by atoms with Crippen molar-refractivity contribution in [3.05, 3.63) is 0 Å². The predicted molar refractivity (Wildman–Crippen MR) is 74.4 cm³/mol. The molecule has 1 rings (SSSR count). The van der Waals surface area contributed by atoms with Crippen LogP contribution in [0.3, 0.4) is 0 Å². The van der Waals surface area contributed by atoms with Crippen molar-refractivity contribution in [1.82, 2.24) is 5.32 Å². The molecule has 1 N–H and O–H groups in total. The van der Waals surface area contributed by atoms with Crippen molar-refractivity contribution < 1.29 is 9.53 Å². The molecule has 1 aliphatic carbocycles. The smallest absolute Gasteiger partial charge is 0.240 e. The third-order valence-corrected chi connectivity index (χ3v) is 3.83. The molecule has 0 heterocycles. The standard InChI is InChI=1S/C15H26N2O2/c1-4-7-15(11-16,8-5-2)14(18)17-12-9-13(10-12)19-6-3/h12-13H,4-10H2,1-3H3,(H,17,18). The lowest BCUT2D eigenvalue weighted by Crippen LogP contribution is -2.52. The van der Waals surface area contributed by atoms with Gasteiger partial charge in [-0.05, 0) is 32.6 Å². The fourth-order valence-corrected chi connectivity index (χ4v) is 2.75. The molecular formula is C15H26N2O2. The van der Waals surface area contributed by atoms with E-state index < -0.39 is 5.41 Å². The van der Waals surface area contributed by atoms with Crippen molar-refractivity contribution in [2.24, 2.45) is 5.41 Å². The van der Waals surface area contributed by atoms with E-state index in [1.54, 1.807) is 0 Å². The van der Waals surface area contributed by atoms with Gasteiger partial charge in [0.1, 0.15) is 5.41 Å². The normalized spacial score (nSPS) is 22.4. The van der Waals surface area contributed by atoms with Crippen molar-refractivity contribution in [1.29, 1.82) is 5.26 Å². The summed E-state index contributed by atoms with van der Waals surface area (Å²) in [5.74, 6) is -0.0846. The molecule has 0 spiro atoms. The maximum absolute atomic E-state index is 12.4. The van der Waals surface area contributed by atoms with Gasteiger partial charge in [-0.15, -0.1) is 0 Å². The fraction of sp³-hybridized carbons (Fsp3) is 0.867. The maximum Gasteiger partial charge on any atom is 0.240 e. The van der Waals surface area contributed by atoms with Gasteiger partial charge in [-0.1, -0.05) is 26.7 Å². The Hall–Kier alpha value is -1.08. The minimum atomic E-state index is -0.833. The second kappa shape index (κ2) is 7.49. The molecule has 0 aromatic carbocycles. The van der Waals surface area contributed by atoms with Gasteiger partial charge in [0.05, 0.1) is 12.2 Å². The van der Waals surface area contributed by atoms with E-state index in [0.717, 1.165) is 32.3 Å². The summed E-state index contributed by atoms with van der Waals surface area (Å²) in [6.45, 7) is 6.74. The molecule has 0 radical (unpaired) electrons. The van der Waals surface area contributed by atoms with Crippen molar-refractivity contribution in [2.75, 3.05) is 6.61 Å². The van der Waals surface area contributed by atoms with Crippen LogP contribution in [0.1, 0.15) is 59.3 Å². The van der Waals surface area contributed by atoms with E-state index in [0.29, 0.717) is 12.8 Å². The van der Waals surface area contributed by atoms with Crippen LogP contribution in [0.4, 0.5) is 0 Å². The number of carbonyl (C=O) groups excluding carboxylic acids is 1. The second-order valence-electron chi connectivity index (χ2n) is 5.41. The van der Waals surface area contributed by atoms with Gasteiger partial charge in [0.2, 0.25) is 5.91 Å². The number of carbonyl (C=O) groups is 1. The molecule has 1 saturated carbocycles. The number of nitriles is 1. The molecule has 108 valence electrons. The Bertz CT molecular complexity index is 324. The number of nitrogens with zero attached hydrogens (tertiary/aromatic N) is 1. The van der Waals surface area contributed by atoms with Gasteiger partial charge in [0, 0.05) is 12.6 Å².